The number of halogens is 1. The van der Waals surface area contributed by atoms with Crippen molar-refractivity contribution in [3.8, 4) is 5.75 Å². The second-order valence-corrected chi connectivity index (χ2v) is 8.43. The van der Waals surface area contributed by atoms with Crippen molar-refractivity contribution in [3.63, 3.8) is 0 Å². The number of nitrogens with zero attached hydrogens (tertiary/aromatic N) is 2. The molecule has 6 nitrogen and oxygen atoms in total. The van der Waals surface area contributed by atoms with Gasteiger partial charge in [-0.2, -0.15) is 0 Å². The molecule has 1 saturated heterocycles. The number of methoxy groups -OCH3 is 1. The molecule has 1 aliphatic rings. The van der Waals surface area contributed by atoms with Crippen LogP contribution in [-0.2, 0) is 6.54 Å². The number of aryl methyl sites for hydroxylation is 1. The highest BCUT2D eigenvalue weighted by atomic mass is 35.5. The molecule has 3 aromatic rings. The Morgan fingerprint density at radius 3 is 2.64 bits per heavy atom. The Hall–Kier alpha value is -3.51. The Morgan fingerprint density at radius 1 is 1.06 bits per heavy atom. The molecular formula is C26H26ClN3O3. The molecule has 0 spiro atoms. The van der Waals surface area contributed by atoms with E-state index >= 15 is 0 Å². The number of urea groups is 1. The first-order chi connectivity index (χ1) is 16.0. The fourth-order valence-corrected chi connectivity index (χ4v) is 4.23. The minimum absolute atomic E-state index is 0.109. The van der Waals surface area contributed by atoms with E-state index in [1.165, 1.54) is 0 Å². The van der Waals surface area contributed by atoms with Crippen molar-refractivity contribution in [2.45, 2.75) is 19.9 Å². The Kier molecular flexibility index (Phi) is 6.84. The van der Waals surface area contributed by atoms with Crippen LogP contribution in [0.3, 0.4) is 0 Å². The predicted molar refractivity (Wildman–Crippen MR) is 131 cm³/mol. The fraction of sp³-hybridized carbons (Fsp3) is 0.231. The number of benzene rings is 3. The molecule has 1 fully saturated rings. The summed E-state index contributed by atoms with van der Waals surface area (Å²) in [5.41, 5.74) is 3.70. The number of hydrogen-bond acceptors (Lipinski definition) is 3. The molecular weight excluding hydrogens is 438 g/mol. The quantitative estimate of drug-likeness (QED) is 0.507. The van der Waals surface area contributed by atoms with Gasteiger partial charge in [0.25, 0.3) is 5.91 Å². The maximum Gasteiger partial charge on any atom is 0.324 e. The van der Waals surface area contributed by atoms with Gasteiger partial charge in [-0.1, -0.05) is 41.9 Å². The molecule has 33 heavy (non-hydrogen) atoms. The molecule has 0 bridgehead atoms. The molecule has 7 heteroatoms. The smallest absolute Gasteiger partial charge is 0.324 e. The average molecular weight is 464 g/mol. The van der Waals surface area contributed by atoms with Gasteiger partial charge in [-0.05, 0) is 60.9 Å². The van der Waals surface area contributed by atoms with Crippen LogP contribution < -0.4 is 15.0 Å². The first kappa shape index (κ1) is 22.7. The van der Waals surface area contributed by atoms with E-state index < -0.39 is 0 Å². The van der Waals surface area contributed by atoms with Gasteiger partial charge in [0.05, 0.1) is 12.8 Å². The Bertz CT molecular complexity index is 1180. The third kappa shape index (κ3) is 5.12. The van der Waals surface area contributed by atoms with E-state index in [0.717, 1.165) is 17.5 Å². The number of carbonyl (C=O) groups is 2. The summed E-state index contributed by atoms with van der Waals surface area (Å²) in [7, 11) is 1.57. The van der Waals surface area contributed by atoms with E-state index in [2.05, 4.69) is 5.32 Å². The first-order valence-electron chi connectivity index (χ1n) is 10.8. The van der Waals surface area contributed by atoms with Crippen molar-refractivity contribution in [3.05, 3.63) is 88.4 Å². The molecule has 0 unspecified atom stereocenters. The summed E-state index contributed by atoms with van der Waals surface area (Å²) in [6.45, 7) is 3.60. The lowest BCUT2D eigenvalue weighted by Crippen LogP contribution is -2.49. The van der Waals surface area contributed by atoms with Crippen molar-refractivity contribution in [1.29, 1.82) is 0 Å². The van der Waals surface area contributed by atoms with Gasteiger partial charge in [0.2, 0.25) is 0 Å². The molecule has 0 saturated carbocycles. The summed E-state index contributed by atoms with van der Waals surface area (Å²) >= 11 is 6.11. The number of amides is 3. The van der Waals surface area contributed by atoms with E-state index in [1.807, 2.05) is 49.4 Å². The zero-order valence-electron chi connectivity index (χ0n) is 18.7. The van der Waals surface area contributed by atoms with E-state index in [-0.39, 0.29) is 11.9 Å². The lowest BCUT2D eigenvalue weighted by molar-refractivity contribution is 0.102. The zero-order valence-corrected chi connectivity index (χ0v) is 19.4. The van der Waals surface area contributed by atoms with Crippen molar-refractivity contribution in [2.75, 3.05) is 30.4 Å². The summed E-state index contributed by atoms with van der Waals surface area (Å²) in [4.78, 5) is 29.6. The zero-order chi connectivity index (χ0) is 23.4. The number of carbonyl (C=O) groups excluding carboxylic acids is 2. The normalized spacial score (nSPS) is 13.7. The summed E-state index contributed by atoms with van der Waals surface area (Å²) in [5.74, 6) is 0.374. The molecule has 1 aliphatic heterocycles. The van der Waals surface area contributed by atoms with Crippen LogP contribution in [0.2, 0.25) is 5.02 Å². The molecule has 3 amide bonds. The lowest BCUT2D eigenvalue weighted by atomic mass is 10.1. The maximum absolute atomic E-state index is 13.4. The van der Waals surface area contributed by atoms with Crippen molar-refractivity contribution < 1.29 is 14.3 Å². The number of hydrogen-bond donors (Lipinski definition) is 1. The van der Waals surface area contributed by atoms with Crippen LogP contribution >= 0.6 is 11.6 Å². The van der Waals surface area contributed by atoms with E-state index in [0.29, 0.717) is 47.3 Å². The second kappa shape index (κ2) is 9.96. The van der Waals surface area contributed by atoms with Crippen LogP contribution in [0.5, 0.6) is 5.75 Å². The third-order valence-corrected chi connectivity index (χ3v) is 5.93. The van der Waals surface area contributed by atoms with Crippen molar-refractivity contribution >= 4 is 34.9 Å². The van der Waals surface area contributed by atoms with Crippen molar-refractivity contribution in [1.82, 2.24) is 4.90 Å². The number of rotatable bonds is 6. The second-order valence-electron chi connectivity index (χ2n) is 7.99. The fourth-order valence-electron chi connectivity index (χ4n) is 4.01. The van der Waals surface area contributed by atoms with Gasteiger partial charge in [0.15, 0.2) is 0 Å². The number of ether oxygens (including phenoxy) is 1. The molecule has 0 aromatic heterocycles. The minimum atomic E-state index is -0.197. The van der Waals surface area contributed by atoms with Crippen molar-refractivity contribution in [2.24, 2.45) is 0 Å². The number of anilines is 2. The first-order valence-corrected chi connectivity index (χ1v) is 11.2. The molecule has 3 aromatic carbocycles. The maximum atomic E-state index is 13.4. The van der Waals surface area contributed by atoms with Crippen LogP contribution in [0.1, 0.15) is 27.9 Å². The monoisotopic (exact) mass is 463 g/mol. The van der Waals surface area contributed by atoms with Crippen LogP contribution in [0, 0.1) is 6.92 Å². The van der Waals surface area contributed by atoms with Gasteiger partial charge >= 0.3 is 6.03 Å². The summed E-state index contributed by atoms with van der Waals surface area (Å²) < 4.78 is 5.54. The van der Waals surface area contributed by atoms with Crippen LogP contribution in [0.25, 0.3) is 0 Å². The minimum Gasteiger partial charge on any atom is -0.495 e. The Balaban J connectivity index is 1.57. The highest BCUT2D eigenvalue weighted by Gasteiger charge is 2.29. The van der Waals surface area contributed by atoms with Gasteiger partial charge < -0.3 is 15.0 Å². The largest absolute Gasteiger partial charge is 0.495 e. The van der Waals surface area contributed by atoms with E-state index in [9.17, 15) is 9.59 Å². The molecule has 4 rings (SSSR count). The van der Waals surface area contributed by atoms with Gasteiger partial charge in [-0.25, -0.2) is 4.79 Å². The molecule has 0 radical (unpaired) electrons. The van der Waals surface area contributed by atoms with Crippen LogP contribution in [-0.4, -0.2) is 37.0 Å². The predicted octanol–water partition coefficient (Wildman–Crippen LogP) is 5.74. The highest BCUT2D eigenvalue weighted by Crippen LogP contribution is 2.34. The van der Waals surface area contributed by atoms with Crippen LogP contribution in [0.15, 0.2) is 66.7 Å². The number of nitrogens with one attached hydrogen (secondary N) is 1. The Labute approximate surface area is 198 Å². The van der Waals surface area contributed by atoms with Gasteiger partial charge in [-0.15, -0.1) is 0 Å². The molecule has 0 aliphatic carbocycles. The standard InChI is InChI=1S/C26H26ClN3O3/c1-18-7-3-4-10-22(18)25(31)28-21-11-12-24(33-2)23(16-21)30-14-6-13-29(26(30)32)17-19-8-5-9-20(27)15-19/h3-5,7-12,15-16H,6,13-14,17H2,1-2H3,(H,28,31). The van der Waals surface area contributed by atoms with E-state index in [1.54, 1.807) is 41.2 Å². The average Bonchev–Trinajstić information content (AvgIpc) is 2.81. The highest BCUT2D eigenvalue weighted by molar-refractivity contribution is 6.30. The summed E-state index contributed by atoms with van der Waals surface area (Å²) in [6, 6.07) is 20.2. The van der Waals surface area contributed by atoms with E-state index in [4.69, 9.17) is 16.3 Å². The summed E-state index contributed by atoms with van der Waals surface area (Å²) in [6.07, 6.45) is 0.815. The Morgan fingerprint density at radius 2 is 1.88 bits per heavy atom. The van der Waals surface area contributed by atoms with Gasteiger partial charge in [0.1, 0.15) is 5.75 Å². The van der Waals surface area contributed by atoms with Gasteiger partial charge in [0, 0.05) is 35.9 Å². The molecule has 170 valence electrons. The van der Waals surface area contributed by atoms with Crippen LogP contribution in [0.4, 0.5) is 16.2 Å². The summed E-state index contributed by atoms with van der Waals surface area (Å²) in [5, 5.41) is 3.59. The SMILES string of the molecule is COc1ccc(NC(=O)c2ccccc2C)cc1N1CCCN(Cc2cccc(Cl)c2)C1=O. The lowest BCUT2D eigenvalue weighted by Gasteiger charge is -2.36. The molecule has 1 N–H and O–H groups in total. The topological polar surface area (TPSA) is 61.9 Å². The third-order valence-electron chi connectivity index (χ3n) is 5.69. The molecule has 0 atom stereocenters. The molecule has 1 heterocycles. The van der Waals surface area contributed by atoms with Gasteiger partial charge in [-0.3, -0.25) is 9.69 Å².